The van der Waals surface area contributed by atoms with Gasteiger partial charge in [-0.1, -0.05) is 26.0 Å². The summed E-state index contributed by atoms with van der Waals surface area (Å²) in [7, 11) is 0. The van der Waals surface area contributed by atoms with Crippen molar-refractivity contribution < 1.29 is 0 Å². The summed E-state index contributed by atoms with van der Waals surface area (Å²) >= 11 is 0. The largest absolute Gasteiger partial charge is 0.393 e. The van der Waals surface area contributed by atoms with Crippen LogP contribution in [0.25, 0.3) is 5.69 Å². The van der Waals surface area contributed by atoms with Gasteiger partial charge in [-0.3, -0.25) is 9.48 Å². The van der Waals surface area contributed by atoms with Crippen LogP contribution in [0.2, 0.25) is 0 Å². The lowest BCUT2D eigenvalue weighted by molar-refractivity contribution is 0.533. The molecule has 0 aliphatic heterocycles. The van der Waals surface area contributed by atoms with Crippen LogP contribution in [-0.2, 0) is 6.54 Å². The van der Waals surface area contributed by atoms with E-state index in [2.05, 4.69) is 19.9 Å². The number of rotatable bonds is 3. The molecule has 2 N–H and O–H groups in total. The summed E-state index contributed by atoms with van der Waals surface area (Å²) in [6, 6.07) is 6.12. The van der Waals surface area contributed by atoms with E-state index >= 15 is 0 Å². The fourth-order valence-electron chi connectivity index (χ4n) is 2.69. The van der Waals surface area contributed by atoms with E-state index in [9.17, 15) is 4.79 Å². The minimum atomic E-state index is -0.121. The summed E-state index contributed by atoms with van der Waals surface area (Å²) in [6.07, 6.45) is 0. The van der Waals surface area contributed by atoms with Crippen LogP contribution in [0.3, 0.4) is 0 Å². The van der Waals surface area contributed by atoms with E-state index < -0.39 is 0 Å². The van der Waals surface area contributed by atoms with Gasteiger partial charge >= 0.3 is 0 Å². The SMILES string of the molecule is CCn1c(C(C)C)c(N)c(=O)n1-c1cc(C)ccc1C. The zero-order valence-corrected chi connectivity index (χ0v) is 12.9. The Bertz CT molecular complexity index is 692. The van der Waals surface area contributed by atoms with Crippen molar-refractivity contribution in [3.8, 4) is 5.69 Å². The van der Waals surface area contributed by atoms with Crippen LogP contribution in [0.1, 0.15) is 43.5 Å². The van der Waals surface area contributed by atoms with Gasteiger partial charge < -0.3 is 5.73 Å². The summed E-state index contributed by atoms with van der Waals surface area (Å²) in [6.45, 7) is 10.9. The Kier molecular flexibility index (Phi) is 3.75. The minimum Gasteiger partial charge on any atom is -0.393 e. The monoisotopic (exact) mass is 273 g/mol. The Hall–Kier alpha value is -1.97. The highest BCUT2D eigenvalue weighted by Gasteiger charge is 2.20. The number of hydrogen-bond donors (Lipinski definition) is 1. The predicted octanol–water partition coefficient (Wildman–Crippen LogP) is 2.98. The highest BCUT2D eigenvalue weighted by molar-refractivity contribution is 5.49. The fraction of sp³-hybridized carbons (Fsp3) is 0.438. The molecule has 1 heterocycles. The van der Waals surface area contributed by atoms with E-state index in [-0.39, 0.29) is 11.5 Å². The molecule has 2 aromatic rings. The number of anilines is 1. The van der Waals surface area contributed by atoms with Gasteiger partial charge in [-0.05, 0) is 43.9 Å². The van der Waals surface area contributed by atoms with Crippen molar-refractivity contribution in [1.29, 1.82) is 0 Å². The van der Waals surface area contributed by atoms with Crippen molar-refractivity contribution in [2.24, 2.45) is 0 Å². The predicted molar refractivity (Wildman–Crippen MR) is 83.7 cm³/mol. The standard InChI is InChI=1S/C16H23N3O/c1-6-18-15(10(2)3)14(17)16(20)19(18)13-9-11(4)7-8-12(13)5/h7-10H,6,17H2,1-5H3. The molecule has 1 aromatic carbocycles. The maximum Gasteiger partial charge on any atom is 0.294 e. The normalized spacial score (nSPS) is 11.3. The first-order valence-corrected chi connectivity index (χ1v) is 7.07. The highest BCUT2D eigenvalue weighted by atomic mass is 16.1. The number of nitrogens with zero attached hydrogens (tertiary/aromatic N) is 2. The number of hydrogen-bond acceptors (Lipinski definition) is 2. The van der Waals surface area contributed by atoms with E-state index in [1.165, 1.54) is 0 Å². The summed E-state index contributed by atoms with van der Waals surface area (Å²) in [4.78, 5) is 12.6. The van der Waals surface area contributed by atoms with Gasteiger partial charge in [0.05, 0.1) is 11.4 Å². The summed E-state index contributed by atoms with van der Waals surface area (Å²) < 4.78 is 3.71. The molecule has 20 heavy (non-hydrogen) atoms. The molecule has 0 unspecified atom stereocenters. The van der Waals surface area contributed by atoms with Crippen LogP contribution >= 0.6 is 0 Å². The molecular formula is C16H23N3O. The van der Waals surface area contributed by atoms with E-state index in [4.69, 9.17) is 5.73 Å². The first kappa shape index (κ1) is 14.4. The van der Waals surface area contributed by atoms with Crippen molar-refractivity contribution >= 4 is 5.69 Å². The molecule has 0 spiro atoms. The molecule has 1 aromatic heterocycles. The van der Waals surface area contributed by atoms with Gasteiger partial charge in [0.1, 0.15) is 5.69 Å². The first-order valence-electron chi connectivity index (χ1n) is 7.07. The Balaban J connectivity index is 2.84. The molecule has 4 heteroatoms. The number of nitrogen functional groups attached to an aromatic ring is 1. The summed E-state index contributed by atoms with van der Waals surface area (Å²) in [5, 5.41) is 0. The van der Waals surface area contributed by atoms with Gasteiger partial charge in [0.25, 0.3) is 5.56 Å². The topological polar surface area (TPSA) is 52.9 Å². The van der Waals surface area contributed by atoms with Gasteiger partial charge in [-0.2, -0.15) is 0 Å². The van der Waals surface area contributed by atoms with Crippen molar-refractivity contribution in [1.82, 2.24) is 9.36 Å². The number of nitrogens with two attached hydrogens (primary N) is 1. The molecular weight excluding hydrogens is 250 g/mol. The number of benzene rings is 1. The molecule has 0 saturated carbocycles. The van der Waals surface area contributed by atoms with Gasteiger partial charge in [0.15, 0.2) is 0 Å². The third-order valence-corrected chi connectivity index (χ3v) is 3.66. The quantitative estimate of drug-likeness (QED) is 0.934. The molecule has 0 aliphatic rings. The Morgan fingerprint density at radius 3 is 2.45 bits per heavy atom. The van der Waals surface area contributed by atoms with Gasteiger partial charge in [-0.25, -0.2) is 4.68 Å². The molecule has 0 saturated heterocycles. The van der Waals surface area contributed by atoms with Crippen LogP contribution in [0.15, 0.2) is 23.0 Å². The molecule has 0 radical (unpaired) electrons. The third kappa shape index (κ3) is 2.15. The van der Waals surface area contributed by atoms with Crippen molar-refractivity contribution in [2.75, 3.05) is 5.73 Å². The maximum absolute atomic E-state index is 12.6. The lowest BCUT2D eigenvalue weighted by atomic mass is 10.1. The minimum absolute atomic E-state index is 0.121. The fourth-order valence-corrected chi connectivity index (χ4v) is 2.69. The first-order chi connectivity index (χ1) is 9.38. The number of aryl methyl sites for hydroxylation is 2. The average molecular weight is 273 g/mol. The molecule has 0 aliphatic carbocycles. The second-order valence-electron chi connectivity index (χ2n) is 5.58. The lowest BCUT2D eigenvalue weighted by Crippen LogP contribution is -2.23. The smallest absolute Gasteiger partial charge is 0.294 e. The number of aromatic nitrogens is 2. The van der Waals surface area contributed by atoms with Gasteiger partial charge in [-0.15, -0.1) is 0 Å². The highest BCUT2D eigenvalue weighted by Crippen LogP contribution is 2.23. The van der Waals surface area contributed by atoms with E-state index in [0.717, 1.165) is 22.5 Å². The maximum atomic E-state index is 12.6. The summed E-state index contributed by atoms with van der Waals surface area (Å²) in [5.74, 6) is 0.217. The van der Waals surface area contributed by atoms with E-state index in [1.54, 1.807) is 4.68 Å². The Labute approximate surface area is 119 Å². The van der Waals surface area contributed by atoms with Crippen LogP contribution < -0.4 is 11.3 Å². The molecule has 108 valence electrons. The zero-order valence-electron chi connectivity index (χ0n) is 12.9. The van der Waals surface area contributed by atoms with Crippen LogP contribution in [-0.4, -0.2) is 9.36 Å². The van der Waals surface area contributed by atoms with Gasteiger partial charge in [0.2, 0.25) is 0 Å². The van der Waals surface area contributed by atoms with Crippen molar-refractivity contribution in [3.63, 3.8) is 0 Å². The lowest BCUT2D eigenvalue weighted by Gasteiger charge is -2.16. The third-order valence-electron chi connectivity index (χ3n) is 3.66. The Morgan fingerprint density at radius 2 is 1.90 bits per heavy atom. The molecule has 0 fully saturated rings. The average Bonchev–Trinajstić information content (AvgIpc) is 2.65. The summed E-state index contributed by atoms with van der Waals surface area (Å²) in [5.41, 5.74) is 10.3. The van der Waals surface area contributed by atoms with Crippen LogP contribution in [0, 0.1) is 13.8 Å². The van der Waals surface area contributed by atoms with Crippen molar-refractivity contribution in [3.05, 3.63) is 45.4 Å². The van der Waals surface area contributed by atoms with Crippen LogP contribution in [0.5, 0.6) is 0 Å². The zero-order chi connectivity index (χ0) is 15.0. The Morgan fingerprint density at radius 1 is 1.25 bits per heavy atom. The van der Waals surface area contributed by atoms with E-state index in [0.29, 0.717) is 12.2 Å². The molecule has 0 atom stereocenters. The molecule has 2 rings (SSSR count). The second-order valence-corrected chi connectivity index (χ2v) is 5.58. The van der Waals surface area contributed by atoms with Crippen molar-refractivity contribution in [2.45, 2.75) is 47.1 Å². The molecule has 0 amide bonds. The van der Waals surface area contributed by atoms with Gasteiger partial charge in [0, 0.05) is 6.54 Å². The second kappa shape index (κ2) is 5.19. The van der Waals surface area contributed by atoms with E-state index in [1.807, 2.05) is 37.6 Å². The van der Waals surface area contributed by atoms with Crippen LogP contribution in [0.4, 0.5) is 5.69 Å². The molecule has 0 bridgehead atoms. The molecule has 4 nitrogen and oxygen atoms in total.